The quantitative estimate of drug-likeness (QED) is 0.150. The largest absolute Gasteiger partial charge is 0.493 e. The molecule has 0 bridgehead atoms. The van der Waals surface area contributed by atoms with Gasteiger partial charge in [0.15, 0.2) is 17.3 Å². The van der Waals surface area contributed by atoms with Gasteiger partial charge in [-0.3, -0.25) is 4.79 Å². The zero-order chi connectivity index (χ0) is 30.1. The fourth-order valence-electron chi connectivity index (χ4n) is 4.54. The second kappa shape index (κ2) is 12.1. The molecule has 0 radical (unpaired) electrons. The van der Waals surface area contributed by atoms with E-state index < -0.39 is 0 Å². The standard InChI is InChI=1S/C32H22BrCl2N3O5/c1-40-27-11-18(12-28(41-2)30(27)42-17-19-7-9-22(34)15-24(19)35)16-36-38-31(37-25-6-4-3-5-23(25)32(38)39)29-14-20-13-21(33)8-10-26(20)43-29/h3-16H,17H2,1-2H3. The molecule has 0 fully saturated rings. The Bertz CT molecular complexity index is 2070. The van der Waals surface area contributed by atoms with Gasteiger partial charge in [0.25, 0.3) is 5.56 Å². The topological polar surface area (TPSA) is 88.1 Å². The highest BCUT2D eigenvalue weighted by Gasteiger charge is 2.18. The van der Waals surface area contributed by atoms with E-state index in [1.54, 1.807) is 48.5 Å². The van der Waals surface area contributed by atoms with Crippen molar-refractivity contribution in [1.82, 2.24) is 9.66 Å². The van der Waals surface area contributed by atoms with Gasteiger partial charge in [0, 0.05) is 31.0 Å². The van der Waals surface area contributed by atoms with Gasteiger partial charge in [-0.25, -0.2) is 4.98 Å². The van der Waals surface area contributed by atoms with E-state index in [1.807, 2.05) is 30.3 Å². The summed E-state index contributed by atoms with van der Waals surface area (Å²) >= 11 is 15.8. The number of benzene rings is 4. The number of furan rings is 1. The molecule has 0 aliphatic heterocycles. The van der Waals surface area contributed by atoms with E-state index in [4.69, 9.17) is 46.8 Å². The first-order valence-electron chi connectivity index (χ1n) is 12.9. The Hall–Kier alpha value is -4.31. The summed E-state index contributed by atoms with van der Waals surface area (Å²) in [6, 6.07) is 23.2. The monoisotopic (exact) mass is 677 g/mol. The van der Waals surface area contributed by atoms with Gasteiger partial charge in [0.1, 0.15) is 12.2 Å². The van der Waals surface area contributed by atoms with Crippen molar-refractivity contribution in [2.75, 3.05) is 14.2 Å². The van der Waals surface area contributed by atoms with Crippen LogP contribution in [0.3, 0.4) is 0 Å². The van der Waals surface area contributed by atoms with Crippen LogP contribution in [-0.4, -0.2) is 30.1 Å². The number of halogens is 3. The maximum absolute atomic E-state index is 13.7. The molecule has 4 aromatic carbocycles. The number of hydrogen-bond donors (Lipinski definition) is 0. The molecule has 43 heavy (non-hydrogen) atoms. The number of ether oxygens (including phenoxy) is 3. The van der Waals surface area contributed by atoms with Crippen LogP contribution in [0.2, 0.25) is 10.0 Å². The summed E-state index contributed by atoms with van der Waals surface area (Å²) < 4.78 is 25.5. The highest BCUT2D eigenvalue weighted by molar-refractivity contribution is 9.10. The maximum atomic E-state index is 13.7. The van der Waals surface area contributed by atoms with Crippen LogP contribution in [0.15, 0.2) is 97.6 Å². The lowest BCUT2D eigenvalue weighted by Gasteiger charge is -2.16. The average Bonchev–Trinajstić information content (AvgIpc) is 3.43. The molecule has 216 valence electrons. The van der Waals surface area contributed by atoms with E-state index in [9.17, 15) is 4.79 Å². The van der Waals surface area contributed by atoms with Gasteiger partial charge in [-0.15, -0.1) is 0 Å². The summed E-state index contributed by atoms with van der Waals surface area (Å²) in [7, 11) is 3.04. The molecule has 8 nitrogen and oxygen atoms in total. The Morgan fingerprint density at radius 1 is 0.977 bits per heavy atom. The fraction of sp³-hybridized carbons (Fsp3) is 0.0938. The normalized spacial score (nSPS) is 11.5. The Kier molecular flexibility index (Phi) is 8.12. The van der Waals surface area contributed by atoms with Crippen molar-refractivity contribution in [3.05, 3.63) is 115 Å². The highest BCUT2D eigenvalue weighted by atomic mass is 79.9. The minimum atomic E-state index is -0.350. The van der Waals surface area contributed by atoms with E-state index in [0.29, 0.717) is 55.1 Å². The summed E-state index contributed by atoms with van der Waals surface area (Å²) in [5.41, 5.74) is 2.17. The van der Waals surface area contributed by atoms with Crippen LogP contribution in [0.1, 0.15) is 11.1 Å². The lowest BCUT2D eigenvalue weighted by atomic mass is 10.2. The second-order valence-corrected chi connectivity index (χ2v) is 11.1. The number of rotatable bonds is 8. The van der Waals surface area contributed by atoms with E-state index in [2.05, 4.69) is 21.0 Å². The molecular weight excluding hydrogens is 657 g/mol. The molecule has 0 aliphatic carbocycles. The SMILES string of the molecule is COc1cc(C=Nn2c(-c3cc4cc(Br)ccc4o3)nc3ccccc3c2=O)cc(OC)c1OCc1ccc(Cl)cc1Cl. The molecule has 2 heterocycles. The van der Waals surface area contributed by atoms with E-state index in [1.165, 1.54) is 25.1 Å². The van der Waals surface area contributed by atoms with Gasteiger partial charge in [0.2, 0.25) is 11.6 Å². The van der Waals surface area contributed by atoms with Crippen molar-refractivity contribution in [2.45, 2.75) is 6.61 Å². The first-order chi connectivity index (χ1) is 20.8. The van der Waals surface area contributed by atoms with Crippen LogP contribution in [0, 0.1) is 0 Å². The van der Waals surface area contributed by atoms with Crippen LogP contribution in [0.4, 0.5) is 0 Å². The lowest BCUT2D eigenvalue weighted by molar-refractivity contribution is 0.266. The predicted octanol–water partition coefficient (Wildman–Crippen LogP) is 8.36. The molecule has 0 unspecified atom stereocenters. The first kappa shape index (κ1) is 28.8. The predicted molar refractivity (Wildman–Crippen MR) is 172 cm³/mol. The van der Waals surface area contributed by atoms with Crippen molar-refractivity contribution >= 4 is 67.2 Å². The van der Waals surface area contributed by atoms with Crippen LogP contribution in [0.5, 0.6) is 17.2 Å². The fourth-order valence-corrected chi connectivity index (χ4v) is 5.39. The first-order valence-corrected chi connectivity index (χ1v) is 14.5. The lowest BCUT2D eigenvalue weighted by Crippen LogP contribution is -2.20. The van der Waals surface area contributed by atoms with Crippen LogP contribution < -0.4 is 19.8 Å². The van der Waals surface area contributed by atoms with E-state index in [-0.39, 0.29) is 18.0 Å². The molecule has 0 amide bonds. The van der Waals surface area contributed by atoms with Gasteiger partial charge in [-0.2, -0.15) is 9.78 Å². The molecule has 2 aromatic heterocycles. The van der Waals surface area contributed by atoms with Gasteiger partial charge in [-0.05, 0) is 60.7 Å². The van der Waals surface area contributed by atoms with Crippen molar-refractivity contribution in [2.24, 2.45) is 5.10 Å². The summed E-state index contributed by atoms with van der Waals surface area (Å²) in [4.78, 5) is 18.4. The van der Waals surface area contributed by atoms with Crippen LogP contribution in [0.25, 0.3) is 33.5 Å². The summed E-state index contributed by atoms with van der Waals surface area (Å²) in [5, 5.41) is 6.84. The molecule has 0 saturated heterocycles. The second-order valence-electron chi connectivity index (χ2n) is 9.39. The minimum absolute atomic E-state index is 0.158. The molecule has 0 N–H and O–H groups in total. The molecule has 0 aliphatic rings. The van der Waals surface area contributed by atoms with Crippen molar-refractivity contribution in [3.63, 3.8) is 0 Å². The minimum Gasteiger partial charge on any atom is -0.493 e. The van der Waals surface area contributed by atoms with Crippen LogP contribution in [-0.2, 0) is 6.61 Å². The number of para-hydroxylation sites is 1. The van der Waals surface area contributed by atoms with Crippen molar-refractivity contribution < 1.29 is 18.6 Å². The third kappa shape index (κ3) is 5.84. The maximum Gasteiger partial charge on any atom is 0.282 e. The molecule has 0 spiro atoms. The molecular formula is C32H22BrCl2N3O5. The summed E-state index contributed by atoms with van der Waals surface area (Å²) in [6.07, 6.45) is 1.52. The smallest absolute Gasteiger partial charge is 0.282 e. The Labute approximate surface area is 264 Å². The highest BCUT2D eigenvalue weighted by Crippen LogP contribution is 2.39. The number of fused-ring (bicyclic) bond motifs is 2. The Morgan fingerprint density at radius 2 is 1.74 bits per heavy atom. The van der Waals surface area contributed by atoms with Gasteiger partial charge < -0.3 is 18.6 Å². The molecule has 11 heteroatoms. The average molecular weight is 679 g/mol. The molecule has 0 atom stereocenters. The van der Waals surface area contributed by atoms with Gasteiger partial charge in [-0.1, -0.05) is 57.3 Å². The number of nitrogens with zero attached hydrogens (tertiary/aromatic N) is 3. The Morgan fingerprint density at radius 3 is 2.49 bits per heavy atom. The number of aromatic nitrogens is 2. The zero-order valence-corrected chi connectivity index (χ0v) is 25.9. The molecule has 6 rings (SSSR count). The van der Waals surface area contributed by atoms with Gasteiger partial charge in [0.05, 0.1) is 31.3 Å². The summed E-state index contributed by atoms with van der Waals surface area (Å²) in [5.74, 6) is 1.83. The van der Waals surface area contributed by atoms with Gasteiger partial charge >= 0.3 is 0 Å². The third-order valence-electron chi connectivity index (χ3n) is 6.64. The van der Waals surface area contributed by atoms with Crippen molar-refractivity contribution in [3.8, 4) is 28.8 Å². The van der Waals surface area contributed by atoms with E-state index >= 15 is 0 Å². The third-order valence-corrected chi connectivity index (χ3v) is 7.73. The number of methoxy groups -OCH3 is 2. The molecule has 0 saturated carbocycles. The van der Waals surface area contributed by atoms with Crippen LogP contribution >= 0.6 is 39.1 Å². The van der Waals surface area contributed by atoms with E-state index in [0.717, 1.165) is 15.4 Å². The molecule has 6 aromatic rings. The zero-order valence-electron chi connectivity index (χ0n) is 22.8. The Balaban J connectivity index is 1.41. The number of hydrogen-bond acceptors (Lipinski definition) is 7. The van der Waals surface area contributed by atoms with Crippen molar-refractivity contribution in [1.29, 1.82) is 0 Å². The summed E-state index contributed by atoms with van der Waals surface area (Å²) in [6.45, 7) is 0.158.